The summed E-state index contributed by atoms with van der Waals surface area (Å²) >= 11 is 0.867. The third kappa shape index (κ3) is 3.63. The van der Waals surface area contributed by atoms with Crippen molar-refractivity contribution < 1.29 is 28.5 Å². The lowest BCUT2D eigenvalue weighted by molar-refractivity contribution is -0.113. The maximum absolute atomic E-state index is 12.8. The van der Waals surface area contributed by atoms with Crippen LogP contribution in [0.15, 0.2) is 41.3 Å². The molecule has 1 heterocycles. The van der Waals surface area contributed by atoms with Gasteiger partial charge < -0.3 is 18.9 Å². The topological polar surface area (TPSA) is 74.3 Å². The highest BCUT2D eigenvalue weighted by molar-refractivity contribution is 8.19. The first-order valence-corrected chi connectivity index (χ1v) is 9.06. The molecule has 1 aliphatic rings. The van der Waals surface area contributed by atoms with Gasteiger partial charge in [0, 0.05) is 6.07 Å². The number of rotatable bonds is 6. The zero-order chi connectivity index (χ0) is 20.3. The van der Waals surface area contributed by atoms with Crippen LogP contribution in [0.3, 0.4) is 0 Å². The fraction of sp³-hybridized carbons (Fsp3) is 0.200. The number of ether oxygens (including phenoxy) is 4. The molecular weight excluding hydrogens is 382 g/mol. The number of methoxy groups -OCH3 is 4. The van der Waals surface area contributed by atoms with E-state index in [4.69, 9.17) is 18.9 Å². The summed E-state index contributed by atoms with van der Waals surface area (Å²) in [6, 6.07) is 10.2. The number of hydrogen-bond donors (Lipinski definition) is 0. The van der Waals surface area contributed by atoms with Gasteiger partial charge in [-0.25, -0.2) is 4.90 Å². The van der Waals surface area contributed by atoms with Crippen LogP contribution < -0.4 is 23.8 Å². The Kier molecular flexibility index (Phi) is 5.79. The van der Waals surface area contributed by atoms with E-state index >= 15 is 0 Å². The molecule has 2 aromatic carbocycles. The van der Waals surface area contributed by atoms with Gasteiger partial charge >= 0.3 is 0 Å². The predicted molar refractivity (Wildman–Crippen MR) is 108 cm³/mol. The first-order valence-electron chi connectivity index (χ1n) is 8.24. The molecule has 0 N–H and O–H groups in total. The molecule has 0 aromatic heterocycles. The van der Waals surface area contributed by atoms with Crippen LogP contribution in [0.4, 0.5) is 10.5 Å². The molecule has 0 saturated carbocycles. The SMILES string of the molecule is COc1cccc(N2C(=O)S/C(=C\c3cc(OC)c(OC)c(OC)c3)C2=O)c1. The lowest BCUT2D eigenvalue weighted by Gasteiger charge is -2.14. The van der Waals surface area contributed by atoms with Gasteiger partial charge in [0.15, 0.2) is 11.5 Å². The van der Waals surface area contributed by atoms with Crippen LogP contribution in [0, 0.1) is 0 Å². The van der Waals surface area contributed by atoms with Crippen LogP contribution in [0.5, 0.6) is 23.0 Å². The maximum atomic E-state index is 12.8. The molecule has 7 nitrogen and oxygen atoms in total. The predicted octanol–water partition coefficient (Wildman–Crippen LogP) is 3.96. The minimum atomic E-state index is -0.406. The molecule has 8 heteroatoms. The number of anilines is 1. The largest absolute Gasteiger partial charge is 0.497 e. The van der Waals surface area contributed by atoms with E-state index in [-0.39, 0.29) is 5.24 Å². The molecule has 0 spiro atoms. The van der Waals surface area contributed by atoms with Crippen molar-refractivity contribution in [2.45, 2.75) is 0 Å². The van der Waals surface area contributed by atoms with E-state index in [2.05, 4.69) is 0 Å². The molecule has 1 saturated heterocycles. The van der Waals surface area contributed by atoms with Crippen molar-refractivity contribution in [3.05, 3.63) is 46.9 Å². The number of carbonyl (C=O) groups excluding carboxylic acids is 2. The van der Waals surface area contributed by atoms with Gasteiger partial charge in [-0.05, 0) is 47.7 Å². The molecule has 2 aromatic rings. The van der Waals surface area contributed by atoms with Gasteiger partial charge in [-0.1, -0.05) is 6.07 Å². The number of imide groups is 1. The van der Waals surface area contributed by atoms with Crippen molar-refractivity contribution in [3.8, 4) is 23.0 Å². The Morgan fingerprint density at radius 2 is 1.57 bits per heavy atom. The lowest BCUT2D eigenvalue weighted by Crippen LogP contribution is -2.27. The van der Waals surface area contributed by atoms with Gasteiger partial charge in [0.05, 0.1) is 39.0 Å². The summed E-state index contributed by atoms with van der Waals surface area (Å²) in [6.45, 7) is 0. The van der Waals surface area contributed by atoms with E-state index in [1.165, 1.54) is 28.4 Å². The first kappa shape index (κ1) is 19.6. The standard InChI is InChI=1S/C20H19NO6S/c1-24-14-7-5-6-13(11-14)21-19(22)17(28-20(21)23)10-12-8-15(25-2)18(27-4)16(9-12)26-3/h5-11H,1-4H3/b17-10-. The third-order valence-electron chi connectivity index (χ3n) is 4.09. The Balaban J connectivity index is 1.98. The normalized spacial score (nSPS) is 15.1. The van der Waals surface area contributed by atoms with Gasteiger partial charge in [-0.2, -0.15) is 0 Å². The molecule has 0 atom stereocenters. The second-order valence-corrected chi connectivity index (χ2v) is 6.67. The molecule has 0 aliphatic carbocycles. The second kappa shape index (κ2) is 8.26. The van der Waals surface area contributed by atoms with Crippen LogP contribution in [0.25, 0.3) is 6.08 Å². The Hall–Kier alpha value is -3.13. The van der Waals surface area contributed by atoms with E-state index in [0.717, 1.165) is 16.7 Å². The maximum Gasteiger partial charge on any atom is 0.298 e. The molecular formula is C20H19NO6S. The molecule has 0 bridgehead atoms. The summed E-state index contributed by atoms with van der Waals surface area (Å²) in [5, 5.41) is -0.378. The molecule has 0 unspecified atom stereocenters. The Labute approximate surface area is 166 Å². The summed E-state index contributed by atoms with van der Waals surface area (Å²) < 4.78 is 21.1. The fourth-order valence-corrected chi connectivity index (χ4v) is 3.62. The van der Waals surface area contributed by atoms with Crippen LogP contribution in [0.2, 0.25) is 0 Å². The van der Waals surface area contributed by atoms with E-state index in [1.54, 1.807) is 42.5 Å². The van der Waals surface area contributed by atoms with Crippen LogP contribution in [-0.2, 0) is 4.79 Å². The number of amides is 2. The third-order valence-corrected chi connectivity index (χ3v) is 4.96. The quantitative estimate of drug-likeness (QED) is 0.678. The Bertz CT molecular complexity index is 930. The number of nitrogens with zero attached hydrogens (tertiary/aromatic N) is 1. The lowest BCUT2D eigenvalue weighted by atomic mass is 10.1. The van der Waals surface area contributed by atoms with Crippen molar-refractivity contribution in [3.63, 3.8) is 0 Å². The summed E-state index contributed by atoms with van der Waals surface area (Å²) in [5.41, 5.74) is 1.10. The molecule has 2 amide bonds. The van der Waals surface area contributed by atoms with Crippen molar-refractivity contribution in [1.82, 2.24) is 0 Å². The number of thioether (sulfide) groups is 1. The van der Waals surface area contributed by atoms with Crippen molar-refractivity contribution in [2.75, 3.05) is 33.3 Å². The molecule has 0 radical (unpaired) electrons. The van der Waals surface area contributed by atoms with Gasteiger partial charge in [-0.3, -0.25) is 9.59 Å². The average Bonchev–Trinajstić information content (AvgIpc) is 2.99. The minimum Gasteiger partial charge on any atom is -0.497 e. The summed E-state index contributed by atoms with van der Waals surface area (Å²) in [6.07, 6.45) is 1.62. The van der Waals surface area contributed by atoms with Gasteiger partial charge in [0.1, 0.15) is 5.75 Å². The monoisotopic (exact) mass is 401 g/mol. The zero-order valence-corrected chi connectivity index (χ0v) is 16.7. The van der Waals surface area contributed by atoms with Crippen LogP contribution >= 0.6 is 11.8 Å². The van der Waals surface area contributed by atoms with Crippen LogP contribution in [-0.4, -0.2) is 39.6 Å². The average molecular weight is 401 g/mol. The van der Waals surface area contributed by atoms with Gasteiger partial charge in [0.25, 0.3) is 11.1 Å². The number of hydrogen-bond acceptors (Lipinski definition) is 7. The smallest absolute Gasteiger partial charge is 0.298 e. The van der Waals surface area contributed by atoms with E-state index < -0.39 is 5.91 Å². The highest BCUT2D eigenvalue weighted by atomic mass is 32.2. The fourth-order valence-electron chi connectivity index (χ4n) is 2.78. The Morgan fingerprint density at radius 3 is 2.14 bits per heavy atom. The summed E-state index contributed by atoms with van der Waals surface area (Å²) in [4.78, 5) is 26.7. The summed E-state index contributed by atoms with van der Waals surface area (Å²) in [7, 11) is 6.06. The zero-order valence-electron chi connectivity index (χ0n) is 15.8. The Morgan fingerprint density at radius 1 is 0.893 bits per heavy atom. The van der Waals surface area contributed by atoms with Crippen LogP contribution in [0.1, 0.15) is 5.56 Å². The molecule has 1 aliphatic heterocycles. The number of carbonyl (C=O) groups is 2. The number of benzene rings is 2. The highest BCUT2D eigenvalue weighted by Gasteiger charge is 2.36. The highest BCUT2D eigenvalue weighted by Crippen LogP contribution is 2.41. The minimum absolute atomic E-state index is 0.294. The molecule has 1 fully saturated rings. The van der Waals surface area contributed by atoms with E-state index in [0.29, 0.717) is 39.2 Å². The van der Waals surface area contributed by atoms with E-state index in [9.17, 15) is 9.59 Å². The molecule has 28 heavy (non-hydrogen) atoms. The van der Waals surface area contributed by atoms with Crippen molar-refractivity contribution in [1.29, 1.82) is 0 Å². The first-order chi connectivity index (χ1) is 13.5. The van der Waals surface area contributed by atoms with Crippen molar-refractivity contribution >= 4 is 34.7 Å². The summed E-state index contributed by atoms with van der Waals surface area (Å²) in [5.74, 6) is 1.52. The molecule has 3 rings (SSSR count). The van der Waals surface area contributed by atoms with Crippen molar-refractivity contribution in [2.24, 2.45) is 0 Å². The van der Waals surface area contributed by atoms with Gasteiger partial charge in [0.2, 0.25) is 5.75 Å². The second-order valence-electron chi connectivity index (χ2n) is 5.68. The molecule has 146 valence electrons. The van der Waals surface area contributed by atoms with Gasteiger partial charge in [-0.15, -0.1) is 0 Å². The van der Waals surface area contributed by atoms with E-state index in [1.807, 2.05) is 0 Å².